The highest BCUT2D eigenvalue weighted by Crippen LogP contribution is 2.32. The van der Waals surface area contributed by atoms with Crippen LogP contribution < -0.4 is 10.5 Å². The third-order valence-electron chi connectivity index (χ3n) is 9.15. The van der Waals surface area contributed by atoms with E-state index in [1.807, 2.05) is 0 Å². The van der Waals surface area contributed by atoms with Gasteiger partial charge in [-0.3, -0.25) is 35.3 Å². The van der Waals surface area contributed by atoms with Crippen molar-refractivity contribution in [2.24, 2.45) is 5.73 Å². The molecule has 0 amide bonds. The Hall–Kier alpha value is -5.50. The molecule has 2 N–H and O–H groups in total. The molecule has 1 aromatic heterocycles. The van der Waals surface area contributed by atoms with Crippen molar-refractivity contribution in [2.45, 2.75) is 53.5 Å². The molecule has 5 rings (SSSR count). The Bertz CT molecular complexity index is 2540. The van der Waals surface area contributed by atoms with Crippen molar-refractivity contribution in [2.75, 3.05) is 39.3 Å². The van der Waals surface area contributed by atoms with E-state index in [-0.39, 0.29) is 30.2 Å². The van der Waals surface area contributed by atoms with Crippen molar-refractivity contribution < 1.29 is 44.8 Å². The van der Waals surface area contributed by atoms with Gasteiger partial charge in [0.05, 0.1) is 45.9 Å². The number of nitro groups is 3. The topological polar surface area (TPSA) is 290 Å². The highest BCUT2D eigenvalue weighted by molar-refractivity contribution is 7.90. The Morgan fingerprint density at radius 1 is 0.576 bits per heavy atom. The number of para-hydroxylation sites is 3. The van der Waals surface area contributed by atoms with E-state index >= 15 is 0 Å². The van der Waals surface area contributed by atoms with Crippen LogP contribution in [-0.4, -0.2) is 97.3 Å². The fraction of sp³-hybridized carbons (Fsp3) is 0.343. The van der Waals surface area contributed by atoms with Gasteiger partial charge in [-0.15, -0.1) is 0 Å². The fourth-order valence-electron chi connectivity index (χ4n) is 6.30. The van der Waals surface area contributed by atoms with Gasteiger partial charge in [0.25, 0.3) is 17.1 Å². The summed E-state index contributed by atoms with van der Waals surface area (Å²) in [4.78, 5) is 35.7. The molecule has 59 heavy (non-hydrogen) atoms. The summed E-state index contributed by atoms with van der Waals surface area (Å²) in [6.45, 7) is -2.88. The average molecular weight is 877 g/mol. The van der Waals surface area contributed by atoms with E-state index < -0.39 is 116 Å². The first-order valence-corrected chi connectivity index (χ1v) is 22.3. The second-order valence-corrected chi connectivity index (χ2v) is 18.8. The Morgan fingerprint density at radius 3 is 1.41 bits per heavy atom. The maximum atomic E-state index is 14.4. The van der Waals surface area contributed by atoms with Crippen LogP contribution in [0, 0.1) is 30.3 Å². The quantitative estimate of drug-likeness (QED) is 0.101. The highest BCUT2D eigenvalue weighted by Gasteiger charge is 2.37. The van der Waals surface area contributed by atoms with E-state index in [9.17, 15) is 55.6 Å². The molecule has 316 valence electrons. The molecule has 0 fully saturated rings. The molecule has 21 nitrogen and oxygen atoms in total. The van der Waals surface area contributed by atoms with Crippen LogP contribution in [0.1, 0.15) is 37.1 Å². The molecule has 4 aromatic rings. The zero-order valence-electron chi connectivity index (χ0n) is 31.3. The molecule has 1 aliphatic rings. The van der Waals surface area contributed by atoms with Gasteiger partial charge in [0.15, 0.2) is 14.7 Å². The third-order valence-corrected chi connectivity index (χ3v) is 14.9. The molecule has 0 spiro atoms. The summed E-state index contributed by atoms with van der Waals surface area (Å²) in [6, 6.07) is 16.5. The predicted molar refractivity (Wildman–Crippen MR) is 210 cm³/mol. The van der Waals surface area contributed by atoms with Crippen LogP contribution in [0.15, 0.2) is 99.6 Å². The smallest absolute Gasteiger partial charge is 0.289 e. The number of hydrogen-bond donors (Lipinski definition) is 1. The number of ether oxygens (including phenoxy) is 1. The standard InChI is InChI=1S/C35H40N8O13S3/c36-17-8-1-9-22-56-29-23-27-25-39(58(52,53)34-15-6-3-12-31(34)42(46)47)19-10-18-38(57(50,51)33-14-5-2-11-30(33)41(44)45)20-21-40(26-28(24-29)37-27)59(54,55)35-16-7-4-13-32(35)43(48)49/h2-7,11-16,23-24H,1,8-10,17-22,25-26,36H2. The molecular weight excluding hydrogens is 837 g/mol. The number of benzene rings is 3. The minimum Gasteiger partial charge on any atom is -0.493 e. The second-order valence-electron chi connectivity index (χ2n) is 13.1. The fourth-order valence-corrected chi connectivity index (χ4v) is 11.1. The van der Waals surface area contributed by atoms with Gasteiger partial charge in [-0.25, -0.2) is 25.3 Å². The maximum Gasteiger partial charge on any atom is 0.289 e. The number of rotatable bonds is 15. The van der Waals surface area contributed by atoms with Crippen LogP contribution in [0.5, 0.6) is 5.75 Å². The Labute approximate surface area is 339 Å². The number of unbranched alkanes of at least 4 members (excludes halogenated alkanes) is 2. The van der Waals surface area contributed by atoms with Crippen LogP contribution in [0.2, 0.25) is 0 Å². The van der Waals surface area contributed by atoms with Crippen molar-refractivity contribution >= 4 is 47.1 Å². The van der Waals surface area contributed by atoms with E-state index in [1.54, 1.807) is 0 Å². The summed E-state index contributed by atoms with van der Waals surface area (Å²) >= 11 is 0. The van der Waals surface area contributed by atoms with Crippen molar-refractivity contribution in [3.8, 4) is 5.75 Å². The summed E-state index contributed by atoms with van der Waals surface area (Å²) in [5.41, 5.74) is 3.32. The van der Waals surface area contributed by atoms with Crippen molar-refractivity contribution in [3.63, 3.8) is 0 Å². The van der Waals surface area contributed by atoms with E-state index in [0.29, 0.717) is 13.0 Å². The van der Waals surface area contributed by atoms with E-state index in [2.05, 4.69) is 4.98 Å². The van der Waals surface area contributed by atoms with E-state index in [1.165, 1.54) is 48.5 Å². The number of pyridine rings is 1. The molecule has 1 aliphatic heterocycles. The van der Waals surface area contributed by atoms with Gasteiger partial charge >= 0.3 is 0 Å². The molecule has 0 radical (unpaired) electrons. The first-order chi connectivity index (χ1) is 28.0. The number of nitro benzene ring substituents is 3. The molecule has 0 unspecified atom stereocenters. The molecule has 0 saturated heterocycles. The van der Waals surface area contributed by atoms with Gasteiger partial charge in [0, 0.05) is 56.5 Å². The first kappa shape index (κ1) is 44.6. The van der Waals surface area contributed by atoms with Crippen LogP contribution in [0.4, 0.5) is 17.1 Å². The molecule has 24 heteroatoms. The lowest BCUT2D eigenvalue weighted by atomic mass is 10.2. The number of nitrogens with zero attached hydrogens (tertiary/aromatic N) is 7. The summed E-state index contributed by atoms with van der Waals surface area (Å²) in [6.07, 6.45) is 1.71. The van der Waals surface area contributed by atoms with E-state index in [4.69, 9.17) is 10.5 Å². The van der Waals surface area contributed by atoms with Gasteiger partial charge < -0.3 is 10.5 Å². The lowest BCUT2D eigenvalue weighted by molar-refractivity contribution is -0.388. The Kier molecular flexibility index (Phi) is 14.4. The average Bonchev–Trinajstić information content (AvgIpc) is 3.21. The highest BCUT2D eigenvalue weighted by atomic mass is 32.2. The maximum absolute atomic E-state index is 14.4. The molecule has 0 aliphatic carbocycles. The van der Waals surface area contributed by atoms with Gasteiger partial charge in [0.2, 0.25) is 30.1 Å². The molecular formula is C35H40N8O13S3. The zero-order chi connectivity index (χ0) is 43.0. The van der Waals surface area contributed by atoms with Crippen molar-refractivity contribution in [3.05, 3.63) is 127 Å². The normalized spacial score (nSPS) is 15.3. The van der Waals surface area contributed by atoms with E-state index in [0.717, 1.165) is 62.2 Å². The van der Waals surface area contributed by atoms with Crippen molar-refractivity contribution in [1.29, 1.82) is 0 Å². The summed E-state index contributed by atoms with van der Waals surface area (Å²) in [5.74, 6) is 0.152. The largest absolute Gasteiger partial charge is 0.493 e. The summed E-state index contributed by atoms with van der Waals surface area (Å²) in [5, 5.41) is 35.9. The molecule has 0 saturated carbocycles. The van der Waals surface area contributed by atoms with Gasteiger partial charge in [-0.1, -0.05) is 36.4 Å². The minimum absolute atomic E-state index is 0.0216. The number of fused-ring (bicyclic) bond motifs is 2. The van der Waals surface area contributed by atoms with Crippen LogP contribution in [0.25, 0.3) is 0 Å². The molecule has 2 heterocycles. The molecule has 0 atom stereocenters. The lowest BCUT2D eigenvalue weighted by Crippen LogP contribution is -2.42. The molecule has 2 bridgehead atoms. The molecule has 3 aromatic carbocycles. The number of nitrogens with two attached hydrogens (primary N) is 1. The van der Waals surface area contributed by atoms with Crippen LogP contribution >= 0.6 is 0 Å². The monoisotopic (exact) mass is 876 g/mol. The van der Waals surface area contributed by atoms with Crippen LogP contribution in [-0.2, 0) is 43.2 Å². The van der Waals surface area contributed by atoms with Gasteiger partial charge in [-0.05, 0) is 50.4 Å². The number of sulfonamides is 3. The van der Waals surface area contributed by atoms with Crippen LogP contribution in [0.3, 0.4) is 0 Å². The predicted octanol–water partition coefficient (Wildman–Crippen LogP) is 3.79. The third kappa shape index (κ3) is 10.4. The first-order valence-electron chi connectivity index (χ1n) is 18.0. The SMILES string of the molecule is NCCCCCOc1cc2nc(c1)CN(S(=O)(=O)c1ccccc1[N+](=O)[O-])CCN(S(=O)(=O)c1ccccc1[N+](=O)[O-])CCCN(S(=O)(=O)c1ccccc1[N+](=O)[O-])C2. The van der Waals surface area contributed by atoms with Gasteiger partial charge in [-0.2, -0.15) is 12.9 Å². The summed E-state index contributed by atoms with van der Waals surface area (Å²) < 4.78 is 94.3. The minimum atomic E-state index is -4.85. The summed E-state index contributed by atoms with van der Waals surface area (Å²) in [7, 11) is -14.4. The number of hydrogen-bond acceptors (Lipinski definition) is 15. The zero-order valence-corrected chi connectivity index (χ0v) is 33.8. The van der Waals surface area contributed by atoms with Gasteiger partial charge in [0.1, 0.15) is 5.75 Å². The lowest BCUT2D eigenvalue weighted by Gasteiger charge is -2.27. The van der Waals surface area contributed by atoms with Crippen molar-refractivity contribution in [1.82, 2.24) is 17.9 Å². The number of aromatic nitrogens is 1. The second kappa shape index (κ2) is 19.0. The Balaban J connectivity index is 1.69. The Morgan fingerprint density at radius 2 is 0.966 bits per heavy atom.